The molecule has 1 aliphatic rings. The molecule has 4 rings (SSSR count). The Bertz CT molecular complexity index is 1120. The molecule has 0 saturated heterocycles. The first-order chi connectivity index (χ1) is 13.0. The van der Waals surface area contributed by atoms with Crippen LogP contribution in [0.4, 0.5) is 5.69 Å². The Morgan fingerprint density at radius 1 is 1.15 bits per heavy atom. The predicted octanol–water partition coefficient (Wildman–Crippen LogP) is 2.19. The van der Waals surface area contributed by atoms with Crippen molar-refractivity contribution >= 4 is 51.4 Å². The lowest BCUT2D eigenvalue weighted by atomic mass is 10.1. The number of rotatable bonds is 4. The van der Waals surface area contributed by atoms with Gasteiger partial charge in [-0.3, -0.25) is 14.9 Å². The van der Waals surface area contributed by atoms with E-state index < -0.39 is 5.91 Å². The number of hydrogen-bond acceptors (Lipinski definition) is 4. The third-order valence-electron chi connectivity index (χ3n) is 4.19. The number of fused-ring (bicyclic) bond motifs is 1. The zero-order valence-corrected chi connectivity index (χ0v) is 14.8. The molecular formula is C19H14N4O3S. The van der Waals surface area contributed by atoms with E-state index in [0.717, 1.165) is 0 Å². The molecule has 27 heavy (non-hydrogen) atoms. The molecule has 1 aromatic heterocycles. The topological polar surface area (TPSA) is 95.7 Å². The van der Waals surface area contributed by atoms with Crippen LogP contribution in [0.25, 0.3) is 10.9 Å². The lowest BCUT2D eigenvalue weighted by Gasteiger charge is -2.08. The molecule has 3 aromatic rings. The average Bonchev–Trinajstić information content (AvgIpc) is 3.12. The zero-order chi connectivity index (χ0) is 19.0. The van der Waals surface area contributed by atoms with Crippen LogP contribution in [-0.2, 0) is 16.1 Å². The SMILES string of the molecule is O=C(Cn1c(O)c(C2=NC(=S)NC2=O)c2ccccc21)Nc1ccccc1. The second kappa shape index (κ2) is 6.65. The monoisotopic (exact) mass is 378 g/mol. The first-order valence-electron chi connectivity index (χ1n) is 8.14. The lowest BCUT2D eigenvalue weighted by Crippen LogP contribution is -2.25. The highest BCUT2D eigenvalue weighted by atomic mass is 32.1. The van der Waals surface area contributed by atoms with Crippen LogP contribution in [0.2, 0.25) is 0 Å². The first kappa shape index (κ1) is 16.9. The average molecular weight is 378 g/mol. The van der Waals surface area contributed by atoms with Gasteiger partial charge in [0, 0.05) is 11.1 Å². The molecule has 2 aromatic carbocycles. The summed E-state index contributed by atoms with van der Waals surface area (Å²) in [5, 5.41) is 16.6. The van der Waals surface area contributed by atoms with E-state index in [4.69, 9.17) is 12.2 Å². The Balaban J connectivity index is 1.75. The molecule has 0 saturated carbocycles. The van der Waals surface area contributed by atoms with Gasteiger partial charge in [0.05, 0.1) is 11.1 Å². The number of hydrogen-bond donors (Lipinski definition) is 3. The van der Waals surface area contributed by atoms with Crippen LogP contribution in [-0.4, -0.2) is 32.3 Å². The summed E-state index contributed by atoms with van der Waals surface area (Å²) in [7, 11) is 0. The van der Waals surface area contributed by atoms with Crippen molar-refractivity contribution in [2.24, 2.45) is 4.99 Å². The number of carbonyl (C=O) groups is 2. The van der Waals surface area contributed by atoms with Crippen LogP contribution in [0, 0.1) is 0 Å². The van der Waals surface area contributed by atoms with E-state index in [9.17, 15) is 14.7 Å². The minimum atomic E-state index is -0.480. The Kier molecular flexibility index (Phi) is 4.17. The number of thiocarbonyl (C=S) groups is 1. The lowest BCUT2D eigenvalue weighted by molar-refractivity contribution is -0.116. The normalized spacial score (nSPS) is 13.6. The van der Waals surface area contributed by atoms with Crippen LogP contribution in [0.1, 0.15) is 5.56 Å². The van der Waals surface area contributed by atoms with Crippen LogP contribution in [0.5, 0.6) is 5.88 Å². The molecule has 0 unspecified atom stereocenters. The molecular weight excluding hydrogens is 364 g/mol. The summed E-state index contributed by atoms with van der Waals surface area (Å²) in [6.07, 6.45) is 0. The Labute approximate surface area is 159 Å². The van der Waals surface area contributed by atoms with Crippen LogP contribution in [0.3, 0.4) is 0 Å². The predicted molar refractivity (Wildman–Crippen MR) is 106 cm³/mol. The molecule has 3 N–H and O–H groups in total. The van der Waals surface area contributed by atoms with Gasteiger partial charge in [-0.25, -0.2) is 4.99 Å². The maximum absolute atomic E-state index is 12.5. The van der Waals surface area contributed by atoms with Crippen molar-refractivity contribution < 1.29 is 14.7 Å². The zero-order valence-electron chi connectivity index (χ0n) is 14.0. The fourth-order valence-corrected chi connectivity index (χ4v) is 3.24. The van der Waals surface area contributed by atoms with Gasteiger partial charge in [0.15, 0.2) is 0 Å². The van der Waals surface area contributed by atoms with E-state index in [-0.39, 0.29) is 34.7 Å². The molecule has 0 atom stereocenters. The molecule has 0 radical (unpaired) electrons. The highest BCUT2D eigenvalue weighted by molar-refractivity contribution is 7.80. The number of nitrogens with one attached hydrogen (secondary N) is 2. The molecule has 1 aliphatic heterocycles. The van der Waals surface area contributed by atoms with Gasteiger partial charge < -0.3 is 15.0 Å². The highest BCUT2D eigenvalue weighted by Crippen LogP contribution is 2.32. The molecule has 8 heteroatoms. The van der Waals surface area contributed by atoms with Gasteiger partial charge in [0.2, 0.25) is 16.9 Å². The smallest absolute Gasteiger partial charge is 0.277 e. The second-order valence-corrected chi connectivity index (χ2v) is 6.32. The number of para-hydroxylation sites is 2. The van der Waals surface area contributed by atoms with E-state index in [1.54, 1.807) is 36.4 Å². The second-order valence-electron chi connectivity index (χ2n) is 5.94. The van der Waals surface area contributed by atoms with Gasteiger partial charge in [-0.2, -0.15) is 0 Å². The van der Waals surface area contributed by atoms with Crippen LogP contribution < -0.4 is 10.6 Å². The summed E-state index contributed by atoms with van der Waals surface area (Å²) in [5.41, 5.74) is 1.57. The van der Waals surface area contributed by atoms with Crippen molar-refractivity contribution in [1.29, 1.82) is 0 Å². The number of benzene rings is 2. The number of nitrogens with zero attached hydrogens (tertiary/aromatic N) is 2. The van der Waals surface area contributed by atoms with Crippen molar-refractivity contribution in [2.45, 2.75) is 6.54 Å². The van der Waals surface area contributed by atoms with E-state index in [2.05, 4.69) is 15.6 Å². The fourth-order valence-electron chi connectivity index (χ4n) is 3.06. The van der Waals surface area contributed by atoms with Gasteiger partial charge in [-0.05, 0) is 30.4 Å². The summed E-state index contributed by atoms with van der Waals surface area (Å²) in [6, 6.07) is 16.1. The summed E-state index contributed by atoms with van der Waals surface area (Å²) in [5.74, 6) is -0.998. The molecule has 7 nitrogen and oxygen atoms in total. The van der Waals surface area contributed by atoms with E-state index in [0.29, 0.717) is 16.6 Å². The number of anilines is 1. The third kappa shape index (κ3) is 3.06. The van der Waals surface area contributed by atoms with Crippen molar-refractivity contribution in [3.05, 3.63) is 60.2 Å². The van der Waals surface area contributed by atoms with Crippen LogP contribution in [0.15, 0.2) is 59.6 Å². The number of aliphatic imine (C=N–C) groups is 1. The highest BCUT2D eigenvalue weighted by Gasteiger charge is 2.30. The van der Waals surface area contributed by atoms with E-state index >= 15 is 0 Å². The molecule has 0 spiro atoms. The maximum atomic E-state index is 12.5. The van der Waals surface area contributed by atoms with Crippen molar-refractivity contribution in [3.63, 3.8) is 0 Å². The Hall–Kier alpha value is -3.52. The quantitative estimate of drug-likeness (QED) is 0.607. The Morgan fingerprint density at radius 3 is 2.56 bits per heavy atom. The summed E-state index contributed by atoms with van der Waals surface area (Å²) in [4.78, 5) is 28.6. The number of aromatic hydroxyl groups is 1. The van der Waals surface area contributed by atoms with Crippen molar-refractivity contribution in [1.82, 2.24) is 9.88 Å². The summed E-state index contributed by atoms with van der Waals surface area (Å²) >= 11 is 4.92. The van der Waals surface area contributed by atoms with Crippen LogP contribution >= 0.6 is 12.2 Å². The standard InChI is InChI=1S/C19H14N4O3S/c24-14(20-11-6-2-1-3-7-11)10-23-13-9-5-4-8-12(13)15(18(23)26)16-17(25)22-19(27)21-16/h1-9,26H,10H2,(H,20,24)(H,22,25,27). The number of amides is 2. The third-order valence-corrected chi connectivity index (χ3v) is 4.38. The number of aromatic nitrogens is 1. The largest absolute Gasteiger partial charge is 0.494 e. The van der Waals surface area contributed by atoms with Gasteiger partial charge in [0.1, 0.15) is 12.3 Å². The van der Waals surface area contributed by atoms with Gasteiger partial charge in [-0.15, -0.1) is 0 Å². The van der Waals surface area contributed by atoms with Crippen molar-refractivity contribution in [3.8, 4) is 5.88 Å². The molecule has 0 fully saturated rings. The molecule has 0 bridgehead atoms. The summed E-state index contributed by atoms with van der Waals surface area (Å²) < 4.78 is 1.44. The molecule has 0 aliphatic carbocycles. The summed E-state index contributed by atoms with van der Waals surface area (Å²) in [6.45, 7) is -0.124. The fraction of sp³-hybridized carbons (Fsp3) is 0.0526. The van der Waals surface area contributed by atoms with Gasteiger partial charge in [0.25, 0.3) is 5.91 Å². The maximum Gasteiger partial charge on any atom is 0.277 e. The molecule has 134 valence electrons. The first-order valence-corrected chi connectivity index (χ1v) is 8.55. The minimum Gasteiger partial charge on any atom is -0.494 e. The van der Waals surface area contributed by atoms with Gasteiger partial charge >= 0.3 is 0 Å². The number of carbonyl (C=O) groups excluding carboxylic acids is 2. The molecule has 2 heterocycles. The van der Waals surface area contributed by atoms with E-state index in [1.807, 2.05) is 18.2 Å². The van der Waals surface area contributed by atoms with Crippen molar-refractivity contribution in [2.75, 3.05) is 5.32 Å². The Morgan fingerprint density at radius 2 is 1.85 bits per heavy atom. The van der Waals surface area contributed by atoms with Gasteiger partial charge in [-0.1, -0.05) is 36.4 Å². The van der Waals surface area contributed by atoms with E-state index in [1.165, 1.54) is 4.57 Å². The molecule has 2 amide bonds. The minimum absolute atomic E-state index is 0.0379.